The summed E-state index contributed by atoms with van der Waals surface area (Å²) in [6, 6.07) is 6.56. The number of aromatic nitrogens is 1. The van der Waals surface area contributed by atoms with Gasteiger partial charge in [0.25, 0.3) is 5.56 Å². The molecule has 0 atom stereocenters. The normalized spacial score (nSPS) is 11.1. The average molecular weight is 369 g/mol. The zero-order chi connectivity index (χ0) is 19.3. The van der Waals surface area contributed by atoms with Crippen LogP contribution < -0.4 is 20.9 Å². The molecule has 0 spiro atoms. The summed E-state index contributed by atoms with van der Waals surface area (Å²) >= 11 is 0. The van der Waals surface area contributed by atoms with Gasteiger partial charge in [-0.15, -0.1) is 0 Å². The number of alkyl halides is 3. The van der Waals surface area contributed by atoms with Crippen LogP contribution in [0.4, 0.5) is 23.7 Å². The number of carbonyl (C=O) groups is 1. The van der Waals surface area contributed by atoms with E-state index in [1.807, 2.05) is 0 Å². The van der Waals surface area contributed by atoms with Crippen molar-refractivity contribution >= 4 is 11.7 Å². The summed E-state index contributed by atoms with van der Waals surface area (Å²) in [4.78, 5) is 23.8. The molecule has 2 amide bonds. The molecule has 6 nitrogen and oxygen atoms in total. The standard InChI is InChI=1S/C17H18F3N3O3/c1-11-9-14(26-2)10-15(24)23(11)8-7-21-16(25)22-13-5-3-12(4-6-13)17(18,19)20/h3-6,9-10H,7-8H2,1-2H3,(H2,21,22,25). The van der Waals surface area contributed by atoms with Crippen molar-refractivity contribution in [3.63, 3.8) is 0 Å². The summed E-state index contributed by atoms with van der Waals surface area (Å²) in [5, 5.41) is 4.97. The van der Waals surface area contributed by atoms with Crippen molar-refractivity contribution in [3.8, 4) is 5.75 Å². The molecule has 0 unspecified atom stereocenters. The zero-order valence-corrected chi connectivity index (χ0v) is 14.2. The Labute approximate surface area is 147 Å². The van der Waals surface area contributed by atoms with Crippen LogP contribution in [0.1, 0.15) is 11.3 Å². The molecule has 0 fully saturated rings. The monoisotopic (exact) mass is 369 g/mol. The summed E-state index contributed by atoms with van der Waals surface area (Å²) < 4.78 is 43.9. The highest BCUT2D eigenvalue weighted by Gasteiger charge is 2.29. The lowest BCUT2D eigenvalue weighted by Crippen LogP contribution is -2.34. The Morgan fingerprint density at radius 2 is 1.85 bits per heavy atom. The fourth-order valence-corrected chi connectivity index (χ4v) is 2.30. The number of urea groups is 1. The van der Waals surface area contributed by atoms with Crippen molar-refractivity contribution < 1.29 is 22.7 Å². The number of hydrogen-bond acceptors (Lipinski definition) is 3. The third-order valence-electron chi connectivity index (χ3n) is 3.64. The zero-order valence-electron chi connectivity index (χ0n) is 14.2. The Morgan fingerprint density at radius 1 is 1.19 bits per heavy atom. The lowest BCUT2D eigenvalue weighted by atomic mass is 10.2. The molecular formula is C17H18F3N3O3. The topological polar surface area (TPSA) is 72.4 Å². The van der Waals surface area contributed by atoms with E-state index in [-0.39, 0.29) is 24.3 Å². The molecule has 0 saturated heterocycles. The van der Waals surface area contributed by atoms with Crippen LogP contribution in [0, 0.1) is 6.92 Å². The Morgan fingerprint density at radius 3 is 2.38 bits per heavy atom. The summed E-state index contributed by atoms with van der Waals surface area (Å²) in [6.07, 6.45) is -4.43. The van der Waals surface area contributed by atoms with E-state index >= 15 is 0 Å². The molecule has 1 heterocycles. The number of nitrogens with one attached hydrogen (secondary N) is 2. The molecule has 2 N–H and O–H groups in total. The van der Waals surface area contributed by atoms with E-state index < -0.39 is 17.8 Å². The number of ether oxygens (including phenoxy) is 1. The van der Waals surface area contributed by atoms with Crippen LogP contribution in [-0.2, 0) is 12.7 Å². The van der Waals surface area contributed by atoms with Crippen molar-refractivity contribution in [2.45, 2.75) is 19.6 Å². The largest absolute Gasteiger partial charge is 0.496 e. The van der Waals surface area contributed by atoms with Gasteiger partial charge in [0.15, 0.2) is 0 Å². The van der Waals surface area contributed by atoms with Gasteiger partial charge in [-0.05, 0) is 37.3 Å². The van der Waals surface area contributed by atoms with Crippen molar-refractivity contribution in [2.24, 2.45) is 0 Å². The number of pyridine rings is 1. The predicted octanol–water partition coefficient (Wildman–Crippen LogP) is 3.01. The fraction of sp³-hybridized carbons (Fsp3) is 0.294. The first-order valence-electron chi connectivity index (χ1n) is 7.68. The van der Waals surface area contributed by atoms with Gasteiger partial charge in [-0.1, -0.05) is 0 Å². The van der Waals surface area contributed by atoms with Crippen molar-refractivity contribution in [1.82, 2.24) is 9.88 Å². The maximum absolute atomic E-state index is 12.5. The fourth-order valence-electron chi connectivity index (χ4n) is 2.30. The van der Waals surface area contributed by atoms with Crippen LogP contribution in [0.25, 0.3) is 0 Å². The number of carbonyl (C=O) groups excluding carboxylic acids is 1. The minimum atomic E-state index is -4.43. The van der Waals surface area contributed by atoms with Gasteiger partial charge in [-0.25, -0.2) is 4.79 Å². The minimum Gasteiger partial charge on any atom is -0.496 e. The molecule has 2 rings (SSSR count). The Bertz CT molecular complexity index is 830. The van der Waals surface area contributed by atoms with E-state index in [1.165, 1.54) is 29.9 Å². The van der Waals surface area contributed by atoms with E-state index in [1.54, 1.807) is 13.0 Å². The Hall–Kier alpha value is -2.97. The van der Waals surface area contributed by atoms with Crippen LogP contribution >= 0.6 is 0 Å². The van der Waals surface area contributed by atoms with Gasteiger partial charge in [0.05, 0.1) is 12.7 Å². The number of amides is 2. The van der Waals surface area contributed by atoms with Gasteiger partial charge in [0.2, 0.25) is 0 Å². The maximum Gasteiger partial charge on any atom is 0.416 e. The number of benzene rings is 1. The molecule has 140 valence electrons. The molecule has 0 aliphatic carbocycles. The number of nitrogens with zero attached hydrogens (tertiary/aromatic N) is 1. The molecule has 0 radical (unpaired) electrons. The Kier molecular flexibility index (Phi) is 5.91. The molecule has 9 heteroatoms. The third kappa shape index (κ3) is 5.01. The minimum absolute atomic E-state index is 0.166. The van der Waals surface area contributed by atoms with Gasteiger partial charge in [-0.2, -0.15) is 13.2 Å². The molecule has 26 heavy (non-hydrogen) atoms. The molecular weight excluding hydrogens is 351 g/mol. The summed E-state index contributed by atoms with van der Waals surface area (Å²) in [5.41, 5.74) is -0.141. The number of halogens is 3. The van der Waals surface area contributed by atoms with Crippen LogP contribution in [0.2, 0.25) is 0 Å². The van der Waals surface area contributed by atoms with Crippen LogP contribution in [0.5, 0.6) is 5.75 Å². The predicted molar refractivity (Wildman–Crippen MR) is 90.5 cm³/mol. The van der Waals surface area contributed by atoms with Crippen LogP contribution in [0.3, 0.4) is 0 Å². The average Bonchev–Trinajstić information content (AvgIpc) is 2.56. The molecule has 0 aliphatic heterocycles. The molecule has 1 aromatic carbocycles. The van der Waals surface area contributed by atoms with Gasteiger partial charge in [-0.3, -0.25) is 4.79 Å². The van der Waals surface area contributed by atoms with E-state index in [4.69, 9.17) is 4.74 Å². The number of aryl methyl sites for hydroxylation is 1. The van der Waals surface area contributed by atoms with Crippen LogP contribution in [0.15, 0.2) is 41.2 Å². The quantitative estimate of drug-likeness (QED) is 0.851. The smallest absolute Gasteiger partial charge is 0.416 e. The highest BCUT2D eigenvalue weighted by Crippen LogP contribution is 2.29. The molecule has 0 bridgehead atoms. The van der Waals surface area contributed by atoms with Gasteiger partial charge < -0.3 is 19.9 Å². The lowest BCUT2D eigenvalue weighted by Gasteiger charge is -2.13. The van der Waals surface area contributed by atoms with E-state index in [2.05, 4.69) is 10.6 Å². The maximum atomic E-state index is 12.5. The first kappa shape index (κ1) is 19.4. The molecule has 0 aliphatic rings. The molecule has 2 aromatic rings. The molecule has 1 aromatic heterocycles. The molecule has 0 saturated carbocycles. The van der Waals surface area contributed by atoms with Crippen molar-refractivity contribution in [3.05, 3.63) is 58.0 Å². The van der Waals surface area contributed by atoms with E-state index in [9.17, 15) is 22.8 Å². The number of rotatable bonds is 5. The van der Waals surface area contributed by atoms with Crippen molar-refractivity contribution in [1.29, 1.82) is 0 Å². The number of anilines is 1. The highest BCUT2D eigenvalue weighted by atomic mass is 19.4. The number of hydrogen-bond donors (Lipinski definition) is 2. The highest BCUT2D eigenvalue weighted by molar-refractivity contribution is 5.89. The third-order valence-corrected chi connectivity index (χ3v) is 3.64. The first-order valence-corrected chi connectivity index (χ1v) is 7.68. The second kappa shape index (κ2) is 7.94. The first-order chi connectivity index (χ1) is 12.2. The second-order valence-electron chi connectivity index (χ2n) is 5.48. The van der Waals surface area contributed by atoms with E-state index in [0.717, 1.165) is 12.1 Å². The van der Waals surface area contributed by atoms with Gasteiger partial charge >= 0.3 is 12.2 Å². The summed E-state index contributed by atoms with van der Waals surface area (Å²) in [6.45, 7) is 2.15. The Balaban J connectivity index is 1.89. The van der Waals surface area contributed by atoms with E-state index in [0.29, 0.717) is 11.4 Å². The summed E-state index contributed by atoms with van der Waals surface area (Å²) in [7, 11) is 1.46. The number of methoxy groups -OCH3 is 1. The SMILES string of the molecule is COc1cc(C)n(CCNC(=O)Nc2ccc(C(F)(F)F)cc2)c(=O)c1. The van der Waals surface area contributed by atoms with Gasteiger partial charge in [0.1, 0.15) is 5.75 Å². The van der Waals surface area contributed by atoms with Crippen LogP contribution in [-0.4, -0.2) is 24.3 Å². The lowest BCUT2D eigenvalue weighted by molar-refractivity contribution is -0.137. The summed E-state index contributed by atoms with van der Waals surface area (Å²) in [5.74, 6) is 0.455. The second-order valence-corrected chi connectivity index (χ2v) is 5.48. The van der Waals surface area contributed by atoms with Gasteiger partial charge in [0, 0.05) is 30.5 Å². The van der Waals surface area contributed by atoms with Crippen molar-refractivity contribution in [2.75, 3.05) is 19.0 Å².